The van der Waals surface area contributed by atoms with Crippen LogP contribution in [0.5, 0.6) is 0 Å². The number of nitrogens with zero attached hydrogens (tertiary/aromatic N) is 2. The van der Waals surface area contributed by atoms with Crippen LogP contribution < -0.4 is 10.2 Å². The first-order chi connectivity index (χ1) is 12.5. The molecule has 142 valence electrons. The van der Waals surface area contributed by atoms with Gasteiger partial charge < -0.3 is 10.2 Å². The van der Waals surface area contributed by atoms with Crippen molar-refractivity contribution in [2.45, 2.75) is 26.9 Å². The number of carbonyl (C=O) groups is 1. The largest absolute Gasteiger partial charge is 0.417 e. The fraction of sp³-hybridized carbons (Fsp3) is 0.300. The van der Waals surface area contributed by atoms with E-state index in [1.54, 1.807) is 6.07 Å². The van der Waals surface area contributed by atoms with Crippen molar-refractivity contribution in [1.82, 2.24) is 0 Å². The summed E-state index contributed by atoms with van der Waals surface area (Å²) in [7, 11) is 1.52. The third-order valence-corrected chi connectivity index (χ3v) is 4.19. The summed E-state index contributed by atoms with van der Waals surface area (Å²) in [5.74, 6) is -0.342. The van der Waals surface area contributed by atoms with Crippen LogP contribution in [-0.4, -0.2) is 19.5 Å². The number of rotatable bonds is 4. The van der Waals surface area contributed by atoms with Crippen LogP contribution in [0.3, 0.4) is 0 Å². The van der Waals surface area contributed by atoms with Gasteiger partial charge in [0.1, 0.15) is 0 Å². The fourth-order valence-electron chi connectivity index (χ4n) is 2.96. The molecule has 1 N–H and O–H groups in total. The number of alkyl halides is 3. The van der Waals surface area contributed by atoms with Gasteiger partial charge in [-0.25, -0.2) is 0 Å². The van der Waals surface area contributed by atoms with Crippen molar-refractivity contribution in [3.05, 3.63) is 58.1 Å². The molecule has 0 spiro atoms. The lowest BCUT2D eigenvalue weighted by Crippen LogP contribution is -2.30. The highest BCUT2D eigenvalue weighted by Gasteiger charge is 2.34. The van der Waals surface area contributed by atoms with Gasteiger partial charge in [-0.05, 0) is 50.1 Å². The number of anilines is 2. The number of hydrogen-bond acceptors (Lipinski definition) is 3. The van der Waals surface area contributed by atoms with Crippen LogP contribution in [0, 0.1) is 32.1 Å². The molecular weight excluding hydrogens is 355 g/mol. The number of carbonyl (C=O) groups excluding carboxylic acids is 1. The monoisotopic (exact) mass is 375 g/mol. The molecule has 2 aromatic carbocycles. The Labute approximate surface area is 156 Å². The van der Waals surface area contributed by atoms with E-state index in [1.165, 1.54) is 18.0 Å². The summed E-state index contributed by atoms with van der Waals surface area (Å²) in [6, 6.07) is 8.82. The molecule has 1 amide bonds. The zero-order chi connectivity index (χ0) is 20.4. The Hall–Kier alpha value is -3.01. The lowest BCUT2D eigenvalue weighted by molar-refractivity contribution is -0.137. The van der Waals surface area contributed by atoms with Crippen molar-refractivity contribution in [3.8, 4) is 6.07 Å². The van der Waals surface area contributed by atoms with Crippen LogP contribution in [0.1, 0.15) is 27.8 Å². The van der Waals surface area contributed by atoms with E-state index in [4.69, 9.17) is 5.26 Å². The lowest BCUT2D eigenvalue weighted by Gasteiger charge is -2.21. The molecule has 0 aromatic heterocycles. The minimum absolute atomic E-state index is 0.129. The van der Waals surface area contributed by atoms with Gasteiger partial charge in [-0.15, -0.1) is 0 Å². The van der Waals surface area contributed by atoms with Gasteiger partial charge in [0.2, 0.25) is 5.91 Å². The molecule has 0 unspecified atom stereocenters. The van der Waals surface area contributed by atoms with E-state index < -0.39 is 17.3 Å². The highest BCUT2D eigenvalue weighted by Crippen LogP contribution is 2.34. The standard InChI is InChI=1S/C20H20F3N3O/c1-12-7-13(2)19(14(3)8-12)25-18(27)11-26(4)16-6-5-15(10-24)17(9-16)20(21,22)23/h5-9H,11H2,1-4H3,(H,25,27). The molecule has 0 aliphatic rings. The van der Waals surface area contributed by atoms with E-state index >= 15 is 0 Å². The van der Waals surface area contributed by atoms with Crippen molar-refractivity contribution in [3.63, 3.8) is 0 Å². The van der Waals surface area contributed by atoms with Crippen molar-refractivity contribution in [1.29, 1.82) is 5.26 Å². The van der Waals surface area contributed by atoms with Gasteiger partial charge in [-0.2, -0.15) is 18.4 Å². The number of likely N-dealkylation sites (N-methyl/N-ethyl adjacent to an activating group) is 1. The maximum atomic E-state index is 13.1. The topological polar surface area (TPSA) is 56.1 Å². The Morgan fingerprint density at radius 1 is 1.15 bits per heavy atom. The summed E-state index contributed by atoms with van der Waals surface area (Å²) in [5.41, 5.74) is 2.36. The fourth-order valence-corrected chi connectivity index (χ4v) is 2.96. The molecule has 0 saturated carbocycles. The summed E-state index contributed by atoms with van der Waals surface area (Å²) >= 11 is 0. The number of nitriles is 1. The summed E-state index contributed by atoms with van der Waals surface area (Å²) < 4.78 is 39.3. The molecule has 0 heterocycles. The molecule has 4 nitrogen and oxygen atoms in total. The molecule has 0 bridgehead atoms. The molecule has 0 atom stereocenters. The van der Waals surface area contributed by atoms with Gasteiger partial charge in [0.25, 0.3) is 0 Å². The van der Waals surface area contributed by atoms with E-state index in [1.807, 2.05) is 32.9 Å². The Morgan fingerprint density at radius 2 is 1.74 bits per heavy atom. The predicted octanol–water partition coefficient (Wildman–Crippen LogP) is 4.58. The Balaban J connectivity index is 2.19. The first-order valence-electron chi connectivity index (χ1n) is 8.23. The van der Waals surface area contributed by atoms with Crippen molar-refractivity contribution >= 4 is 17.3 Å². The second-order valence-electron chi connectivity index (χ2n) is 6.52. The maximum absolute atomic E-state index is 13.1. The molecule has 27 heavy (non-hydrogen) atoms. The number of benzene rings is 2. The molecule has 2 rings (SSSR count). The van der Waals surface area contributed by atoms with Gasteiger partial charge in [-0.1, -0.05) is 17.7 Å². The third-order valence-electron chi connectivity index (χ3n) is 4.19. The molecule has 0 radical (unpaired) electrons. The molecule has 7 heteroatoms. The highest BCUT2D eigenvalue weighted by atomic mass is 19.4. The summed E-state index contributed by atoms with van der Waals surface area (Å²) in [5, 5.41) is 11.7. The number of halogens is 3. The van der Waals surface area contributed by atoms with Crippen molar-refractivity contribution in [2.24, 2.45) is 0 Å². The van der Waals surface area contributed by atoms with E-state index in [0.29, 0.717) is 5.69 Å². The summed E-state index contributed by atoms with van der Waals surface area (Å²) in [6.07, 6.45) is -4.64. The van der Waals surface area contributed by atoms with Crippen LogP contribution in [0.15, 0.2) is 30.3 Å². The Morgan fingerprint density at radius 3 is 2.26 bits per heavy atom. The minimum atomic E-state index is -4.64. The van der Waals surface area contributed by atoms with Gasteiger partial charge in [-0.3, -0.25) is 4.79 Å². The highest BCUT2D eigenvalue weighted by molar-refractivity contribution is 5.95. The number of hydrogen-bond donors (Lipinski definition) is 1. The second-order valence-corrected chi connectivity index (χ2v) is 6.52. The summed E-state index contributed by atoms with van der Waals surface area (Å²) in [6.45, 7) is 5.60. The SMILES string of the molecule is Cc1cc(C)c(NC(=O)CN(C)c2ccc(C#N)c(C(F)(F)F)c2)c(C)c1. The predicted molar refractivity (Wildman–Crippen MR) is 98.7 cm³/mol. The average Bonchev–Trinajstić information content (AvgIpc) is 2.56. The van der Waals surface area contributed by atoms with Crippen LogP contribution in [-0.2, 0) is 11.0 Å². The molecular formula is C20H20F3N3O. The molecule has 2 aromatic rings. The number of amides is 1. The van der Waals surface area contributed by atoms with E-state index in [9.17, 15) is 18.0 Å². The minimum Gasteiger partial charge on any atom is -0.365 e. The van der Waals surface area contributed by atoms with Crippen LogP contribution >= 0.6 is 0 Å². The Bertz CT molecular complexity index is 891. The van der Waals surface area contributed by atoms with Gasteiger partial charge in [0.15, 0.2) is 0 Å². The van der Waals surface area contributed by atoms with Gasteiger partial charge in [0, 0.05) is 18.4 Å². The van der Waals surface area contributed by atoms with E-state index in [0.717, 1.165) is 28.8 Å². The summed E-state index contributed by atoms with van der Waals surface area (Å²) in [4.78, 5) is 13.8. The molecule has 0 saturated heterocycles. The smallest absolute Gasteiger partial charge is 0.365 e. The first-order valence-corrected chi connectivity index (χ1v) is 8.23. The second kappa shape index (κ2) is 7.70. The van der Waals surface area contributed by atoms with E-state index in [2.05, 4.69) is 5.32 Å². The van der Waals surface area contributed by atoms with E-state index in [-0.39, 0.29) is 18.1 Å². The van der Waals surface area contributed by atoms with Crippen molar-refractivity contribution < 1.29 is 18.0 Å². The Kier molecular flexibility index (Phi) is 5.79. The maximum Gasteiger partial charge on any atom is 0.417 e. The number of aryl methyl sites for hydroxylation is 3. The zero-order valence-electron chi connectivity index (χ0n) is 15.5. The average molecular weight is 375 g/mol. The molecule has 0 aliphatic carbocycles. The van der Waals surface area contributed by atoms with Gasteiger partial charge >= 0.3 is 6.18 Å². The van der Waals surface area contributed by atoms with Crippen LogP contribution in [0.25, 0.3) is 0 Å². The normalized spacial score (nSPS) is 11.0. The van der Waals surface area contributed by atoms with Crippen molar-refractivity contribution in [2.75, 3.05) is 23.8 Å². The quantitative estimate of drug-likeness (QED) is 0.851. The zero-order valence-corrected chi connectivity index (χ0v) is 15.5. The lowest BCUT2D eigenvalue weighted by atomic mass is 10.1. The van der Waals surface area contributed by atoms with Crippen LogP contribution in [0.4, 0.5) is 24.5 Å². The number of nitrogens with one attached hydrogen (secondary N) is 1. The molecule has 0 fully saturated rings. The first kappa shape index (κ1) is 20.3. The molecule has 0 aliphatic heterocycles. The third kappa shape index (κ3) is 4.79. The van der Waals surface area contributed by atoms with Crippen LogP contribution in [0.2, 0.25) is 0 Å². The van der Waals surface area contributed by atoms with Gasteiger partial charge in [0.05, 0.1) is 23.7 Å².